The molecule has 2 heterocycles. The first-order chi connectivity index (χ1) is 8.26. The number of methoxy groups -OCH3 is 1. The van der Waals surface area contributed by atoms with Crippen LogP contribution in [0.15, 0.2) is 6.33 Å². The summed E-state index contributed by atoms with van der Waals surface area (Å²) in [5.41, 5.74) is 5.77. The highest BCUT2D eigenvalue weighted by Crippen LogP contribution is 2.30. The van der Waals surface area contributed by atoms with Crippen LogP contribution >= 0.6 is 0 Å². The predicted molar refractivity (Wildman–Crippen MR) is 65.2 cm³/mol. The van der Waals surface area contributed by atoms with Gasteiger partial charge in [-0.3, -0.25) is 0 Å². The smallest absolute Gasteiger partial charge is 0.204 e. The molecule has 6 nitrogen and oxygen atoms in total. The highest BCUT2D eigenvalue weighted by atomic mass is 16.5. The molecule has 0 saturated carbocycles. The first kappa shape index (κ1) is 11.9. The van der Waals surface area contributed by atoms with Crippen LogP contribution in [0.5, 0.6) is 5.75 Å². The Morgan fingerprint density at radius 1 is 1.59 bits per heavy atom. The van der Waals surface area contributed by atoms with Gasteiger partial charge in [-0.2, -0.15) is 0 Å². The Morgan fingerprint density at radius 3 is 3.12 bits per heavy atom. The molecule has 0 amide bonds. The van der Waals surface area contributed by atoms with Gasteiger partial charge >= 0.3 is 0 Å². The number of ether oxygens (including phenoxy) is 2. The van der Waals surface area contributed by atoms with Crippen LogP contribution in [-0.4, -0.2) is 42.9 Å². The maximum Gasteiger partial charge on any atom is 0.204 e. The van der Waals surface area contributed by atoms with Crippen molar-refractivity contribution >= 4 is 11.6 Å². The molecule has 1 aromatic heterocycles. The summed E-state index contributed by atoms with van der Waals surface area (Å²) in [6.45, 7) is 4.41. The third kappa shape index (κ3) is 2.41. The van der Waals surface area contributed by atoms with E-state index in [1.807, 2.05) is 0 Å². The number of aromatic nitrogens is 2. The van der Waals surface area contributed by atoms with E-state index < -0.39 is 0 Å². The summed E-state index contributed by atoms with van der Waals surface area (Å²) < 4.78 is 10.9. The van der Waals surface area contributed by atoms with Crippen LogP contribution in [0.4, 0.5) is 11.6 Å². The van der Waals surface area contributed by atoms with Crippen molar-refractivity contribution in [1.29, 1.82) is 0 Å². The molecule has 0 spiro atoms. The lowest BCUT2D eigenvalue weighted by Crippen LogP contribution is -2.42. The number of rotatable bonds is 3. The summed E-state index contributed by atoms with van der Waals surface area (Å²) in [5, 5.41) is 0. The van der Waals surface area contributed by atoms with E-state index in [1.54, 1.807) is 7.11 Å². The Balaban J connectivity index is 2.24. The minimum absolute atomic E-state index is 0.240. The molecule has 0 radical (unpaired) electrons. The second kappa shape index (κ2) is 5.18. The molecular formula is C11H18N4O2. The molecular weight excluding hydrogens is 220 g/mol. The fourth-order valence-corrected chi connectivity index (χ4v) is 1.96. The summed E-state index contributed by atoms with van der Waals surface area (Å²) in [6, 6.07) is 0. The fraction of sp³-hybridized carbons (Fsp3) is 0.636. The number of nitrogens with two attached hydrogens (primary N) is 1. The largest absolute Gasteiger partial charge is 0.490 e. The van der Waals surface area contributed by atoms with E-state index in [-0.39, 0.29) is 6.10 Å². The van der Waals surface area contributed by atoms with Crippen molar-refractivity contribution in [3.05, 3.63) is 6.33 Å². The standard InChI is InChI=1S/C11H18N4O2/c1-3-8-6-15(4-5-17-8)11-9(16-2)10(12)13-7-14-11/h7-8H,3-6H2,1-2H3,(H2,12,13,14). The Kier molecular flexibility index (Phi) is 3.63. The zero-order valence-electron chi connectivity index (χ0n) is 10.2. The monoisotopic (exact) mass is 238 g/mol. The van der Waals surface area contributed by atoms with Crippen molar-refractivity contribution in [3.63, 3.8) is 0 Å². The zero-order chi connectivity index (χ0) is 12.3. The molecule has 1 saturated heterocycles. The van der Waals surface area contributed by atoms with E-state index in [2.05, 4.69) is 21.8 Å². The zero-order valence-corrected chi connectivity index (χ0v) is 10.2. The lowest BCUT2D eigenvalue weighted by atomic mass is 10.2. The molecule has 0 bridgehead atoms. The van der Waals surface area contributed by atoms with Crippen molar-refractivity contribution in [2.24, 2.45) is 0 Å². The molecule has 1 unspecified atom stereocenters. The Morgan fingerprint density at radius 2 is 2.41 bits per heavy atom. The number of anilines is 2. The SMILES string of the molecule is CCC1CN(c2ncnc(N)c2OC)CCO1. The molecule has 17 heavy (non-hydrogen) atoms. The Labute approximate surface area is 101 Å². The highest BCUT2D eigenvalue weighted by Gasteiger charge is 2.23. The summed E-state index contributed by atoms with van der Waals surface area (Å²) >= 11 is 0. The van der Waals surface area contributed by atoms with Crippen molar-refractivity contribution in [2.45, 2.75) is 19.4 Å². The van der Waals surface area contributed by atoms with E-state index in [4.69, 9.17) is 15.2 Å². The number of hydrogen-bond donors (Lipinski definition) is 1. The third-order valence-corrected chi connectivity index (χ3v) is 2.91. The summed E-state index contributed by atoms with van der Waals surface area (Å²) in [7, 11) is 1.58. The van der Waals surface area contributed by atoms with Crippen LogP contribution in [0.2, 0.25) is 0 Å². The van der Waals surface area contributed by atoms with E-state index >= 15 is 0 Å². The van der Waals surface area contributed by atoms with Gasteiger partial charge in [-0.25, -0.2) is 9.97 Å². The average Bonchev–Trinajstić information content (AvgIpc) is 2.38. The predicted octanol–water partition coefficient (Wildman–Crippen LogP) is 0.683. The Hall–Kier alpha value is -1.56. The molecule has 2 N–H and O–H groups in total. The molecule has 1 aliphatic heterocycles. The van der Waals surface area contributed by atoms with Gasteiger partial charge < -0.3 is 20.1 Å². The van der Waals surface area contributed by atoms with Crippen molar-refractivity contribution in [3.8, 4) is 5.75 Å². The molecule has 94 valence electrons. The van der Waals surface area contributed by atoms with E-state index in [0.29, 0.717) is 18.2 Å². The minimum Gasteiger partial charge on any atom is -0.490 e. The average molecular weight is 238 g/mol. The maximum atomic E-state index is 5.77. The van der Waals surface area contributed by atoms with Crippen molar-refractivity contribution < 1.29 is 9.47 Å². The highest BCUT2D eigenvalue weighted by molar-refractivity contribution is 5.62. The van der Waals surface area contributed by atoms with Crippen LogP contribution in [0, 0.1) is 0 Å². The number of morpholine rings is 1. The van der Waals surface area contributed by atoms with Gasteiger partial charge in [-0.1, -0.05) is 6.92 Å². The lowest BCUT2D eigenvalue weighted by Gasteiger charge is -2.33. The summed E-state index contributed by atoms with van der Waals surface area (Å²) in [5.74, 6) is 1.67. The molecule has 1 fully saturated rings. The molecule has 0 aromatic carbocycles. The van der Waals surface area contributed by atoms with Crippen LogP contribution < -0.4 is 15.4 Å². The molecule has 6 heteroatoms. The molecule has 1 aliphatic rings. The second-order valence-corrected chi connectivity index (χ2v) is 3.96. The van der Waals surface area contributed by atoms with Gasteiger partial charge in [0.25, 0.3) is 0 Å². The van der Waals surface area contributed by atoms with Gasteiger partial charge in [0.1, 0.15) is 6.33 Å². The normalized spacial score (nSPS) is 20.4. The Bertz CT molecular complexity index is 386. The van der Waals surface area contributed by atoms with Gasteiger partial charge in [0.15, 0.2) is 11.6 Å². The first-order valence-electron chi connectivity index (χ1n) is 5.77. The number of nitrogens with zero attached hydrogens (tertiary/aromatic N) is 3. The van der Waals surface area contributed by atoms with Gasteiger partial charge in [0.2, 0.25) is 5.75 Å². The van der Waals surface area contributed by atoms with Crippen LogP contribution in [0.25, 0.3) is 0 Å². The third-order valence-electron chi connectivity index (χ3n) is 2.91. The van der Waals surface area contributed by atoms with Crippen LogP contribution in [0.1, 0.15) is 13.3 Å². The van der Waals surface area contributed by atoms with Gasteiger partial charge in [0, 0.05) is 13.1 Å². The summed E-state index contributed by atoms with van der Waals surface area (Å²) in [4.78, 5) is 10.3. The van der Waals surface area contributed by atoms with Gasteiger partial charge in [0.05, 0.1) is 19.8 Å². The number of nitrogen functional groups attached to an aromatic ring is 1. The minimum atomic E-state index is 0.240. The van der Waals surface area contributed by atoms with Crippen molar-refractivity contribution in [2.75, 3.05) is 37.4 Å². The second-order valence-electron chi connectivity index (χ2n) is 3.96. The molecule has 2 rings (SSSR count). The molecule has 1 atom stereocenters. The molecule has 1 aromatic rings. The fourth-order valence-electron chi connectivity index (χ4n) is 1.96. The van der Waals surface area contributed by atoms with Crippen molar-refractivity contribution in [1.82, 2.24) is 9.97 Å². The number of hydrogen-bond acceptors (Lipinski definition) is 6. The molecule has 0 aliphatic carbocycles. The topological polar surface area (TPSA) is 73.5 Å². The van der Waals surface area contributed by atoms with Gasteiger partial charge in [-0.15, -0.1) is 0 Å². The summed E-state index contributed by atoms with van der Waals surface area (Å²) in [6.07, 6.45) is 2.69. The maximum absolute atomic E-state index is 5.77. The quantitative estimate of drug-likeness (QED) is 0.835. The first-order valence-corrected chi connectivity index (χ1v) is 5.77. The van der Waals surface area contributed by atoms with Crippen LogP contribution in [0.3, 0.4) is 0 Å². The van der Waals surface area contributed by atoms with Gasteiger partial charge in [-0.05, 0) is 6.42 Å². The van der Waals surface area contributed by atoms with E-state index in [0.717, 1.165) is 25.3 Å². The van der Waals surface area contributed by atoms with Crippen LogP contribution in [-0.2, 0) is 4.74 Å². The van der Waals surface area contributed by atoms with E-state index in [1.165, 1.54) is 6.33 Å². The van der Waals surface area contributed by atoms with E-state index in [9.17, 15) is 0 Å². The lowest BCUT2D eigenvalue weighted by molar-refractivity contribution is 0.0380.